The van der Waals surface area contributed by atoms with Crippen molar-refractivity contribution < 1.29 is 23.9 Å². The molecule has 3 aromatic rings. The number of aliphatic hydroxyl groups excluding tert-OH is 1. The van der Waals surface area contributed by atoms with Crippen LogP contribution in [0.3, 0.4) is 0 Å². The van der Waals surface area contributed by atoms with E-state index in [0.717, 1.165) is 16.3 Å². The smallest absolute Gasteiger partial charge is 0.246 e. The van der Waals surface area contributed by atoms with Gasteiger partial charge in [-0.15, -0.1) is 0 Å². The molecule has 2 atom stereocenters. The molecule has 248 valence electrons. The van der Waals surface area contributed by atoms with Crippen molar-refractivity contribution in [2.75, 3.05) is 34.3 Å². The zero-order chi connectivity index (χ0) is 34.1. The zero-order valence-corrected chi connectivity index (χ0v) is 28.1. The van der Waals surface area contributed by atoms with Gasteiger partial charge in [-0.05, 0) is 67.4 Å². The second-order valence-electron chi connectivity index (χ2n) is 13.4. The molecule has 0 unspecified atom stereocenters. The van der Waals surface area contributed by atoms with Crippen LogP contribution in [0.25, 0.3) is 10.8 Å². The first-order valence-corrected chi connectivity index (χ1v) is 15.7. The van der Waals surface area contributed by atoms with Gasteiger partial charge in [0.15, 0.2) is 0 Å². The van der Waals surface area contributed by atoms with E-state index in [2.05, 4.69) is 10.6 Å². The molecule has 0 bridgehead atoms. The van der Waals surface area contributed by atoms with Gasteiger partial charge in [-0.25, -0.2) is 4.39 Å². The van der Waals surface area contributed by atoms with E-state index in [9.17, 15) is 23.9 Å². The predicted octanol–water partition coefficient (Wildman–Crippen LogP) is 4.50. The molecule has 0 fully saturated rings. The summed E-state index contributed by atoms with van der Waals surface area (Å²) in [6, 6.07) is 17.8. The molecular formula is C37H49FN4O4. The number of fused-ring (bicyclic) bond motifs is 1. The van der Waals surface area contributed by atoms with E-state index in [1.54, 1.807) is 32.3 Å². The molecule has 3 aromatic carbocycles. The lowest BCUT2D eigenvalue weighted by Crippen LogP contribution is -2.56. The van der Waals surface area contributed by atoms with Gasteiger partial charge in [0.25, 0.3) is 0 Å². The Labute approximate surface area is 272 Å². The van der Waals surface area contributed by atoms with Crippen LogP contribution in [0.4, 0.5) is 4.39 Å². The fourth-order valence-corrected chi connectivity index (χ4v) is 4.94. The number of rotatable bonds is 15. The first-order chi connectivity index (χ1) is 21.7. The molecule has 0 aliphatic heterocycles. The topological polar surface area (TPSA) is 102 Å². The van der Waals surface area contributed by atoms with Gasteiger partial charge in [0.2, 0.25) is 17.7 Å². The quantitative estimate of drug-likeness (QED) is 0.214. The third kappa shape index (κ3) is 10.2. The molecule has 3 amide bonds. The van der Waals surface area contributed by atoms with Gasteiger partial charge in [-0.1, -0.05) is 74.5 Å². The number of carbonyl (C=O) groups excluding carboxylic acids is 3. The van der Waals surface area contributed by atoms with E-state index >= 15 is 0 Å². The van der Waals surface area contributed by atoms with Gasteiger partial charge in [0.1, 0.15) is 17.9 Å². The molecule has 0 aliphatic carbocycles. The van der Waals surface area contributed by atoms with Gasteiger partial charge in [-0.2, -0.15) is 0 Å². The molecule has 0 aromatic heterocycles. The van der Waals surface area contributed by atoms with Crippen molar-refractivity contribution in [2.45, 2.75) is 64.6 Å². The molecule has 46 heavy (non-hydrogen) atoms. The highest BCUT2D eigenvalue weighted by molar-refractivity contribution is 5.95. The summed E-state index contributed by atoms with van der Waals surface area (Å²) >= 11 is 0. The molecule has 0 saturated heterocycles. The number of hydrogen-bond acceptors (Lipinski definition) is 5. The van der Waals surface area contributed by atoms with Crippen LogP contribution in [-0.2, 0) is 27.2 Å². The Hall–Kier alpha value is -4.08. The van der Waals surface area contributed by atoms with Crippen LogP contribution >= 0.6 is 0 Å². The third-order valence-corrected chi connectivity index (χ3v) is 8.54. The van der Waals surface area contributed by atoms with Crippen molar-refractivity contribution in [1.29, 1.82) is 0 Å². The Balaban J connectivity index is 1.97. The van der Waals surface area contributed by atoms with Gasteiger partial charge in [-0.3, -0.25) is 14.4 Å². The van der Waals surface area contributed by atoms with Crippen LogP contribution < -0.4 is 10.6 Å². The average Bonchev–Trinajstić information content (AvgIpc) is 3.04. The maximum absolute atomic E-state index is 14.4. The molecule has 3 rings (SSSR count). The third-order valence-electron chi connectivity index (χ3n) is 8.54. The van der Waals surface area contributed by atoms with E-state index < -0.39 is 35.1 Å². The largest absolute Gasteiger partial charge is 0.396 e. The van der Waals surface area contributed by atoms with Crippen molar-refractivity contribution in [2.24, 2.45) is 5.41 Å². The number of halogens is 1. The van der Waals surface area contributed by atoms with Crippen molar-refractivity contribution >= 4 is 28.5 Å². The number of nitrogens with zero attached hydrogens (tertiary/aromatic N) is 2. The average molecular weight is 633 g/mol. The maximum atomic E-state index is 14.4. The minimum Gasteiger partial charge on any atom is -0.396 e. The molecular weight excluding hydrogens is 583 g/mol. The second kappa shape index (κ2) is 16.0. The summed E-state index contributed by atoms with van der Waals surface area (Å²) in [5.74, 6) is -1.55. The predicted molar refractivity (Wildman–Crippen MR) is 182 cm³/mol. The summed E-state index contributed by atoms with van der Waals surface area (Å²) in [6.07, 6.45) is 4.25. The molecule has 0 aliphatic rings. The summed E-state index contributed by atoms with van der Waals surface area (Å²) < 4.78 is 13.7. The van der Waals surface area contributed by atoms with E-state index in [1.165, 1.54) is 28.0 Å². The standard InChI is InChI=1S/C37H49FN4O4/c1-36(2,25-43)24-40-34(45)31(22-26-15-18-30(38)19-16-26)42(7)35(46)32(41(6)33(44)13-10-20-37(3,4)39-5)23-27-14-17-28-11-8-9-12-29(28)21-27/h8-19,21,31-32,39,43H,20,22-25H2,1-7H3,(H,40,45)/b13-10+/t31-,32-/m1/s1. The first-order valence-electron chi connectivity index (χ1n) is 15.7. The fraction of sp³-hybridized carbons (Fsp3) is 0.432. The number of amides is 3. The summed E-state index contributed by atoms with van der Waals surface area (Å²) in [5, 5.41) is 17.9. The van der Waals surface area contributed by atoms with Crippen LogP contribution in [-0.4, -0.2) is 84.5 Å². The summed E-state index contributed by atoms with van der Waals surface area (Å²) in [4.78, 5) is 44.3. The molecule has 9 heteroatoms. The molecule has 0 spiro atoms. The number of carbonyl (C=O) groups is 3. The number of nitrogens with one attached hydrogen (secondary N) is 2. The molecule has 0 saturated carbocycles. The molecule has 8 nitrogen and oxygen atoms in total. The summed E-state index contributed by atoms with van der Waals surface area (Å²) in [7, 11) is 5.02. The molecule has 0 radical (unpaired) electrons. The van der Waals surface area contributed by atoms with Gasteiger partial charge in [0, 0.05) is 51.0 Å². The Bertz CT molecular complexity index is 1520. The van der Waals surface area contributed by atoms with Crippen LogP contribution in [0.5, 0.6) is 0 Å². The van der Waals surface area contributed by atoms with Crippen molar-refractivity contribution in [3.63, 3.8) is 0 Å². The van der Waals surface area contributed by atoms with Gasteiger partial charge >= 0.3 is 0 Å². The monoisotopic (exact) mass is 632 g/mol. The lowest BCUT2D eigenvalue weighted by atomic mass is 9.94. The second-order valence-corrected chi connectivity index (χ2v) is 13.4. The summed E-state index contributed by atoms with van der Waals surface area (Å²) in [5.41, 5.74) is 0.766. The summed E-state index contributed by atoms with van der Waals surface area (Å²) in [6.45, 7) is 7.76. The SMILES string of the molecule is CNC(C)(C)C/C=C/C(=O)N(C)[C@H](Cc1ccc2ccccc2c1)C(=O)N(C)[C@H](Cc1ccc(F)cc1)C(=O)NCC(C)(C)CO. The lowest BCUT2D eigenvalue weighted by Gasteiger charge is -2.35. The van der Waals surface area contributed by atoms with Crippen molar-refractivity contribution in [3.8, 4) is 0 Å². The van der Waals surface area contributed by atoms with Crippen molar-refractivity contribution in [3.05, 3.63) is 95.8 Å². The van der Waals surface area contributed by atoms with Crippen LogP contribution in [0.2, 0.25) is 0 Å². The van der Waals surface area contributed by atoms with E-state index in [0.29, 0.717) is 12.0 Å². The zero-order valence-electron chi connectivity index (χ0n) is 28.1. The van der Waals surface area contributed by atoms with E-state index in [-0.39, 0.29) is 37.4 Å². The van der Waals surface area contributed by atoms with E-state index in [1.807, 2.05) is 77.2 Å². The molecule has 0 heterocycles. The van der Waals surface area contributed by atoms with Crippen LogP contribution in [0, 0.1) is 11.2 Å². The number of benzene rings is 3. The van der Waals surface area contributed by atoms with Gasteiger partial charge < -0.3 is 25.5 Å². The number of aliphatic hydroxyl groups is 1. The number of hydrogen-bond donors (Lipinski definition) is 3. The Kier molecular flexibility index (Phi) is 12.6. The minimum atomic E-state index is -0.956. The van der Waals surface area contributed by atoms with Gasteiger partial charge in [0.05, 0.1) is 0 Å². The van der Waals surface area contributed by atoms with Crippen LogP contribution in [0.1, 0.15) is 45.2 Å². The maximum Gasteiger partial charge on any atom is 0.246 e. The Morgan fingerprint density at radius 2 is 1.48 bits per heavy atom. The molecule has 3 N–H and O–H groups in total. The van der Waals surface area contributed by atoms with E-state index in [4.69, 9.17) is 0 Å². The highest BCUT2D eigenvalue weighted by atomic mass is 19.1. The fourth-order valence-electron chi connectivity index (χ4n) is 4.94. The highest BCUT2D eigenvalue weighted by Crippen LogP contribution is 2.21. The normalized spacial score (nSPS) is 13.4. The lowest BCUT2D eigenvalue weighted by molar-refractivity contribution is -0.146. The minimum absolute atomic E-state index is 0.132. The number of likely N-dealkylation sites (N-methyl/N-ethyl adjacent to an activating group) is 2. The highest BCUT2D eigenvalue weighted by Gasteiger charge is 2.35. The Morgan fingerprint density at radius 3 is 2.11 bits per heavy atom. The Morgan fingerprint density at radius 1 is 0.870 bits per heavy atom. The van der Waals surface area contributed by atoms with Crippen molar-refractivity contribution in [1.82, 2.24) is 20.4 Å². The van der Waals surface area contributed by atoms with Crippen LogP contribution in [0.15, 0.2) is 78.9 Å². The first kappa shape index (κ1) is 36.4.